The van der Waals surface area contributed by atoms with E-state index in [2.05, 4.69) is 25.9 Å². The molecule has 42 heavy (non-hydrogen) atoms. The molecule has 0 spiro atoms. The molecule has 0 radical (unpaired) electrons. The largest absolute Gasteiger partial charge is 0.573 e. The molecule has 2 aliphatic heterocycles. The molecule has 1 saturated heterocycles. The highest BCUT2D eigenvalue weighted by atomic mass is 32.1. The molecule has 0 unspecified atom stereocenters. The van der Waals surface area contributed by atoms with Crippen molar-refractivity contribution in [2.45, 2.75) is 63.1 Å². The van der Waals surface area contributed by atoms with Crippen LogP contribution in [0.4, 0.5) is 22.7 Å². The Bertz CT molecular complexity index is 1730. The van der Waals surface area contributed by atoms with Crippen molar-refractivity contribution in [3.05, 3.63) is 70.9 Å². The number of anilines is 1. The van der Waals surface area contributed by atoms with Crippen molar-refractivity contribution in [2.24, 2.45) is 0 Å². The van der Waals surface area contributed by atoms with Crippen molar-refractivity contribution in [1.82, 2.24) is 10.1 Å². The van der Waals surface area contributed by atoms with Gasteiger partial charge in [0.25, 0.3) is 0 Å². The van der Waals surface area contributed by atoms with Gasteiger partial charge < -0.3 is 24.0 Å². The fraction of sp³-hybridized carbons (Fsp3) is 0.345. The van der Waals surface area contributed by atoms with Gasteiger partial charge in [0.1, 0.15) is 22.7 Å². The third kappa shape index (κ3) is 5.00. The van der Waals surface area contributed by atoms with Crippen molar-refractivity contribution in [2.75, 3.05) is 4.90 Å². The number of hydrogen-bond acceptors (Lipinski definition) is 8. The number of aromatic nitrogens is 2. The van der Waals surface area contributed by atoms with Gasteiger partial charge in [0, 0.05) is 35.2 Å². The number of carbonyl (C=O) groups is 1. The number of aromatic carboxylic acids is 1. The zero-order valence-corrected chi connectivity index (χ0v) is 22.7. The normalized spacial score (nSPS) is 20.3. The van der Waals surface area contributed by atoms with E-state index in [0.717, 1.165) is 31.0 Å². The smallest absolute Gasteiger partial charge is 0.478 e. The van der Waals surface area contributed by atoms with Gasteiger partial charge in [-0.3, -0.25) is 0 Å². The number of carboxylic acid groups (broad SMARTS) is 1. The van der Waals surface area contributed by atoms with E-state index in [1.54, 1.807) is 6.07 Å². The Labute approximate surface area is 240 Å². The third-order valence-electron chi connectivity index (χ3n) is 7.76. The Morgan fingerprint density at radius 3 is 2.76 bits per heavy atom. The van der Waals surface area contributed by atoms with Crippen molar-refractivity contribution >= 4 is 32.7 Å². The van der Waals surface area contributed by atoms with Crippen molar-refractivity contribution in [3.8, 4) is 17.0 Å². The lowest BCUT2D eigenvalue weighted by atomic mass is 10.0. The van der Waals surface area contributed by atoms with Crippen molar-refractivity contribution in [1.29, 1.82) is 0 Å². The number of thiazole rings is 1. The van der Waals surface area contributed by atoms with E-state index in [9.17, 15) is 27.5 Å². The van der Waals surface area contributed by atoms with Gasteiger partial charge in [-0.25, -0.2) is 14.2 Å². The molecule has 2 aromatic heterocycles. The van der Waals surface area contributed by atoms with Crippen LogP contribution < -0.4 is 9.64 Å². The quantitative estimate of drug-likeness (QED) is 0.209. The van der Waals surface area contributed by atoms with Crippen LogP contribution in [0, 0.1) is 5.82 Å². The lowest BCUT2D eigenvalue weighted by Gasteiger charge is -2.36. The molecule has 8 nitrogen and oxygen atoms in total. The summed E-state index contributed by atoms with van der Waals surface area (Å²) >= 11 is 1.24. The average molecular weight is 602 g/mol. The Balaban J connectivity index is 1.11. The summed E-state index contributed by atoms with van der Waals surface area (Å²) in [5, 5.41) is 14.0. The van der Waals surface area contributed by atoms with Crippen LogP contribution in [0.2, 0.25) is 0 Å². The molecule has 1 saturated carbocycles. The maximum Gasteiger partial charge on any atom is 0.573 e. The van der Waals surface area contributed by atoms with Crippen LogP contribution in [0.25, 0.3) is 21.5 Å². The Morgan fingerprint density at radius 1 is 1.21 bits per heavy atom. The first kappa shape index (κ1) is 26.9. The molecule has 4 heterocycles. The minimum Gasteiger partial charge on any atom is -0.478 e. The zero-order chi connectivity index (χ0) is 29.2. The number of piperidine rings is 1. The van der Waals surface area contributed by atoms with E-state index < -0.39 is 18.1 Å². The van der Waals surface area contributed by atoms with E-state index in [1.165, 1.54) is 35.6 Å². The summed E-state index contributed by atoms with van der Waals surface area (Å²) in [6, 6.07) is 8.27. The molecule has 2 bridgehead atoms. The number of para-hydroxylation sites is 1. The van der Waals surface area contributed by atoms with Gasteiger partial charge in [-0.1, -0.05) is 34.7 Å². The maximum absolute atomic E-state index is 14.6. The van der Waals surface area contributed by atoms with Gasteiger partial charge >= 0.3 is 12.3 Å². The molecular weight excluding hydrogens is 578 g/mol. The van der Waals surface area contributed by atoms with Gasteiger partial charge in [-0.2, -0.15) is 0 Å². The monoisotopic (exact) mass is 601 g/mol. The molecule has 218 valence electrons. The molecule has 2 atom stereocenters. The van der Waals surface area contributed by atoms with Gasteiger partial charge in [0.15, 0.2) is 10.9 Å². The number of rotatable bonds is 8. The highest BCUT2D eigenvalue weighted by molar-refractivity contribution is 7.22. The number of carboxylic acids is 1. The lowest BCUT2D eigenvalue weighted by molar-refractivity contribution is -0.274. The van der Waals surface area contributed by atoms with Crippen LogP contribution in [0.1, 0.15) is 59.7 Å². The maximum atomic E-state index is 14.6. The molecule has 1 N–H and O–H groups in total. The first-order chi connectivity index (χ1) is 20.1. The number of halogens is 4. The number of alkyl halides is 3. The molecule has 13 heteroatoms. The van der Waals surface area contributed by atoms with E-state index in [1.807, 2.05) is 0 Å². The number of benzene rings is 2. The lowest BCUT2D eigenvalue weighted by Crippen LogP contribution is -2.39. The highest BCUT2D eigenvalue weighted by Crippen LogP contribution is 2.47. The van der Waals surface area contributed by atoms with E-state index in [-0.39, 0.29) is 52.8 Å². The van der Waals surface area contributed by atoms with Gasteiger partial charge in [0.2, 0.25) is 0 Å². The molecule has 1 aliphatic carbocycles. The fourth-order valence-corrected chi connectivity index (χ4v) is 6.86. The Hall–Kier alpha value is -3.97. The summed E-state index contributed by atoms with van der Waals surface area (Å²) in [5.74, 6) is -1.46. The third-order valence-corrected chi connectivity index (χ3v) is 8.76. The molecule has 2 fully saturated rings. The fourth-order valence-electron chi connectivity index (χ4n) is 5.74. The second kappa shape index (κ2) is 10.1. The summed E-state index contributed by atoms with van der Waals surface area (Å²) in [6.07, 6.45) is 0.838. The number of hydrogen-bond donors (Lipinski definition) is 1. The van der Waals surface area contributed by atoms with Gasteiger partial charge in [-0.15, -0.1) is 13.2 Å². The van der Waals surface area contributed by atoms with E-state index in [0.29, 0.717) is 34.0 Å². The first-order valence-corrected chi connectivity index (χ1v) is 14.2. The predicted molar refractivity (Wildman–Crippen MR) is 144 cm³/mol. The van der Waals surface area contributed by atoms with Crippen LogP contribution in [0.15, 0.2) is 52.7 Å². The summed E-state index contributed by atoms with van der Waals surface area (Å²) in [4.78, 5) is 17.9. The molecular formula is C29H23F4N3O5S. The Kier molecular flexibility index (Phi) is 6.46. The Morgan fingerprint density at radius 2 is 2.02 bits per heavy atom. The number of ether oxygens (including phenoxy) is 2. The second-order valence-electron chi connectivity index (χ2n) is 10.6. The summed E-state index contributed by atoms with van der Waals surface area (Å²) in [6.45, 7) is 0.111. The van der Waals surface area contributed by atoms with Gasteiger partial charge in [-0.05, 0) is 49.9 Å². The van der Waals surface area contributed by atoms with Crippen LogP contribution in [-0.4, -0.2) is 39.7 Å². The average Bonchev–Trinajstić information content (AvgIpc) is 3.45. The van der Waals surface area contributed by atoms with Crippen molar-refractivity contribution < 1.29 is 41.5 Å². The summed E-state index contributed by atoms with van der Waals surface area (Å²) in [5.41, 5.74) is 2.06. The number of fused-ring (bicyclic) bond motifs is 3. The van der Waals surface area contributed by atoms with Crippen LogP contribution in [-0.2, 0) is 11.3 Å². The van der Waals surface area contributed by atoms with Gasteiger partial charge in [0.05, 0.1) is 23.0 Å². The number of nitrogens with zero attached hydrogens (tertiary/aromatic N) is 3. The van der Waals surface area contributed by atoms with Crippen LogP contribution in [0.5, 0.6) is 5.75 Å². The van der Waals surface area contributed by atoms with E-state index in [4.69, 9.17) is 9.26 Å². The van der Waals surface area contributed by atoms with Crippen molar-refractivity contribution in [3.63, 3.8) is 0 Å². The summed E-state index contributed by atoms with van der Waals surface area (Å²) < 4.78 is 70.6. The molecule has 2 aromatic carbocycles. The molecule has 7 rings (SSSR count). The SMILES string of the molecule is O=C(O)c1cc(F)c2nc(N3C4=CC[C@@H]3C[C@H](OCc3c(-c5ccccc5OC(F)(F)F)noc3C3CC3)C4)sc2c1. The molecule has 0 amide bonds. The topological polar surface area (TPSA) is 97.9 Å². The zero-order valence-electron chi connectivity index (χ0n) is 21.9. The second-order valence-corrected chi connectivity index (χ2v) is 11.6. The van der Waals surface area contributed by atoms with Crippen LogP contribution >= 0.6 is 11.3 Å². The predicted octanol–water partition coefficient (Wildman–Crippen LogP) is 7.41. The minimum atomic E-state index is -4.86. The standard InChI is InChI=1S/C29H23F4N3O5S/c30-21-9-15(27(37)38)10-23-25(21)34-28(42-23)36-16-7-8-17(36)12-18(11-16)39-13-20-24(35-41-26(20)14-5-6-14)19-3-1-2-4-22(19)40-29(31,32)33/h1-4,7,9-10,14,17-18H,5-6,8,11-13H2,(H,37,38)/t17-,18-/m1/s1. The summed E-state index contributed by atoms with van der Waals surface area (Å²) in [7, 11) is 0. The molecule has 3 aliphatic rings. The minimum absolute atomic E-state index is 0.0204. The first-order valence-electron chi connectivity index (χ1n) is 13.4. The van der Waals surface area contributed by atoms with Crippen LogP contribution in [0.3, 0.4) is 0 Å². The molecule has 4 aromatic rings. The van der Waals surface area contributed by atoms with E-state index >= 15 is 0 Å². The highest BCUT2D eigenvalue weighted by Gasteiger charge is 2.39.